The van der Waals surface area contributed by atoms with Gasteiger partial charge in [-0.05, 0) is 44.2 Å². The third-order valence-corrected chi connectivity index (χ3v) is 3.94. The Bertz CT molecular complexity index is 284. The molecule has 2 aliphatic rings. The van der Waals surface area contributed by atoms with Crippen LogP contribution in [0.2, 0.25) is 0 Å². The van der Waals surface area contributed by atoms with E-state index in [-0.39, 0.29) is 36.8 Å². The summed E-state index contributed by atoms with van der Waals surface area (Å²) in [6, 6.07) is 0.0678. The summed E-state index contributed by atoms with van der Waals surface area (Å²) in [6.07, 6.45) is 3.35. The van der Waals surface area contributed by atoms with Gasteiger partial charge in [-0.3, -0.25) is 4.79 Å². The normalized spacial score (nSPS) is 26.1. The van der Waals surface area contributed by atoms with E-state index in [1.54, 1.807) is 0 Å². The minimum atomic E-state index is 0. The van der Waals surface area contributed by atoms with Crippen molar-refractivity contribution in [3.05, 3.63) is 0 Å². The van der Waals surface area contributed by atoms with Crippen molar-refractivity contribution in [3.63, 3.8) is 0 Å². The highest BCUT2D eigenvalue weighted by molar-refractivity contribution is 5.85. The fraction of sp³-hybridized carbons (Fsp3) is 0.929. The van der Waals surface area contributed by atoms with Crippen molar-refractivity contribution in [1.29, 1.82) is 0 Å². The summed E-state index contributed by atoms with van der Waals surface area (Å²) in [4.78, 5) is 14.4. The molecule has 0 aromatic heterocycles. The molecule has 0 saturated carbocycles. The van der Waals surface area contributed by atoms with Gasteiger partial charge >= 0.3 is 0 Å². The lowest BCUT2D eigenvalue weighted by Crippen LogP contribution is -2.42. The molecule has 0 aromatic rings. The van der Waals surface area contributed by atoms with Gasteiger partial charge in [0.15, 0.2) is 0 Å². The van der Waals surface area contributed by atoms with Crippen LogP contribution in [0.1, 0.15) is 33.1 Å². The first-order valence-corrected chi connectivity index (χ1v) is 7.38. The van der Waals surface area contributed by atoms with Crippen molar-refractivity contribution in [2.75, 3.05) is 32.7 Å². The number of likely N-dealkylation sites (tertiary alicyclic amines) is 1. The van der Waals surface area contributed by atoms with Gasteiger partial charge in [0.1, 0.15) is 0 Å². The third-order valence-electron chi connectivity index (χ3n) is 3.94. The van der Waals surface area contributed by atoms with E-state index in [9.17, 15) is 4.79 Å². The molecule has 2 heterocycles. The van der Waals surface area contributed by atoms with E-state index < -0.39 is 0 Å². The van der Waals surface area contributed by atoms with Crippen molar-refractivity contribution >= 4 is 30.7 Å². The molecular formula is C14H29Cl2N3O. The second kappa shape index (κ2) is 9.82. The molecule has 1 amide bonds. The van der Waals surface area contributed by atoms with E-state index in [1.807, 2.05) is 0 Å². The number of nitrogens with zero attached hydrogens (tertiary/aromatic N) is 1. The van der Waals surface area contributed by atoms with Gasteiger partial charge in [-0.15, -0.1) is 24.8 Å². The Labute approximate surface area is 135 Å². The maximum Gasteiger partial charge on any atom is 0.237 e. The van der Waals surface area contributed by atoms with E-state index in [2.05, 4.69) is 29.4 Å². The number of amides is 1. The SMILES string of the molecule is CC(C)CN1CCC(CNC(=O)C2CCCN2)C1.Cl.Cl. The van der Waals surface area contributed by atoms with Gasteiger partial charge < -0.3 is 15.5 Å². The molecule has 20 heavy (non-hydrogen) atoms. The molecule has 4 nitrogen and oxygen atoms in total. The molecule has 2 N–H and O–H groups in total. The average Bonchev–Trinajstić information content (AvgIpc) is 2.95. The van der Waals surface area contributed by atoms with Crippen molar-refractivity contribution < 1.29 is 4.79 Å². The number of hydrogen-bond donors (Lipinski definition) is 2. The van der Waals surface area contributed by atoms with Crippen LogP contribution in [-0.4, -0.2) is 49.6 Å². The summed E-state index contributed by atoms with van der Waals surface area (Å²) in [7, 11) is 0. The van der Waals surface area contributed by atoms with Gasteiger partial charge in [-0.2, -0.15) is 0 Å². The molecule has 2 saturated heterocycles. The largest absolute Gasteiger partial charge is 0.354 e. The summed E-state index contributed by atoms with van der Waals surface area (Å²) in [5.41, 5.74) is 0. The smallest absolute Gasteiger partial charge is 0.237 e. The topological polar surface area (TPSA) is 44.4 Å². The third kappa shape index (κ3) is 6.17. The number of nitrogens with one attached hydrogen (secondary N) is 2. The lowest BCUT2D eigenvalue weighted by atomic mass is 10.1. The van der Waals surface area contributed by atoms with Crippen LogP contribution < -0.4 is 10.6 Å². The van der Waals surface area contributed by atoms with E-state index >= 15 is 0 Å². The van der Waals surface area contributed by atoms with Crippen molar-refractivity contribution in [2.45, 2.75) is 39.2 Å². The Hall–Kier alpha value is -0.0300. The highest BCUT2D eigenvalue weighted by Gasteiger charge is 2.25. The van der Waals surface area contributed by atoms with Gasteiger partial charge in [0.2, 0.25) is 5.91 Å². The number of carbonyl (C=O) groups excluding carboxylic acids is 1. The molecule has 2 rings (SSSR count). The Morgan fingerprint density at radius 3 is 2.70 bits per heavy atom. The van der Waals surface area contributed by atoms with Gasteiger partial charge in [0.05, 0.1) is 6.04 Å². The van der Waals surface area contributed by atoms with Crippen LogP contribution in [0.15, 0.2) is 0 Å². The van der Waals surface area contributed by atoms with Crippen molar-refractivity contribution in [3.8, 4) is 0 Å². The first-order valence-electron chi connectivity index (χ1n) is 7.38. The number of halogens is 2. The Kier molecular flexibility index (Phi) is 9.81. The fourth-order valence-electron chi connectivity index (χ4n) is 3.04. The molecule has 2 unspecified atom stereocenters. The van der Waals surface area contributed by atoms with Crippen LogP contribution in [0.4, 0.5) is 0 Å². The molecule has 0 spiro atoms. The van der Waals surface area contributed by atoms with Gasteiger partial charge in [-0.1, -0.05) is 13.8 Å². The number of carbonyl (C=O) groups is 1. The zero-order valence-corrected chi connectivity index (χ0v) is 14.2. The second-order valence-corrected chi connectivity index (χ2v) is 6.20. The Morgan fingerprint density at radius 2 is 2.10 bits per heavy atom. The molecule has 0 aliphatic carbocycles. The van der Waals surface area contributed by atoms with E-state index in [0.29, 0.717) is 5.92 Å². The molecule has 0 bridgehead atoms. The molecule has 120 valence electrons. The quantitative estimate of drug-likeness (QED) is 0.808. The van der Waals surface area contributed by atoms with E-state index in [1.165, 1.54) is 19.5 Å². The molecule has 6 heteroatoms. The standard InChI is InChI=1S/C14H27N3O.2ClH/c1-11(2)9-17-7-5-12(10-17)8-16-14(18)13-4-3-6-15-13;;/h11-13,15H,3-10H2,1-2H3,(H,16,18);2*1H. The van der Waals surface area contributed by atoms with E-state index in [4.69, 9.17) is 0 Å². The van der Waals surface area contributed by atoms with Gasteiger partial charge in [0.25, 0.3) is 0 Å². The molecule has 2 fully saturated rings. The predicted octanol–water partition coefficient (Wildman–Crippen LogP) is 1.68. The number of rotatable bonds is 5. The first-order chi connectivity index (χ1) is 8.65. The highest BCUT2D eigenvalue weighted by Crippen LogP contribution is 2.16. The maximum atomic E-state index is 11.9. The van der Waals surface area contributed by atoms with Crippen molar-refractivity contribution in [2.24, 2.45) is 11.8 Å². The van der Waals surface area contributed by atoms with Crippen LogP contribution in [0.25, 0.3) is 0 Å². The minimum Gasteiger partial charge on any atom is -0.354 e. The van der Waals surface area contributed by atoms with Gasteiger partial charge in [0, 0.05) is 19.6 Å². The monoisotopic (exact) mass is 325 g/mol. The number of hydrogen-bond acceptors (Lipinski definition) is 3. The summed E-state index contributed by atoms with van der Waals surface area (Å²) in [5.74, 6) is 1.59. The Balaban J connectivity index is 0.00000180. The van der Waals surface area contributed by atoms with Crippen LogP contribution in [0.3, 0.4) is 0 Å². The van der Waals surface area contributed by atoms with Crippen LogP contribution in [0, 0.1) is 11.8 Å². The molecule has 2 aliphatic heterocycles. The highest BCUT2D eigenvalue weighted by atomic mass is 35.5. The molecule has 0 aromatic carbocycles. The lowest BCUT2D eigenvalue weighted by Gasteiger charge is -2.18. The van der Waals surface area contributed by atoms with Crippen LogP contribution >= 0.6 is 24.8 Å². The zero-order valence-electron chi connectivity index (χ0n) is 12.6. The zero-order chi connectivity index (χ0) is 13.0. The summed E-state index contributed by atoms with van der Waals surface area (Å²) < 4.78 is 0. The second-order valence-electron chi connectivity index (χ2n) is 6.20. The average molecular weight is 326 g/mol. The maximum absolute atomic E-state index is 11.9. The van der Waals surface area contributed by atoms with Crippen LogP contribution in [-0.2, 0) is 4.79 Å². The summed E-state index contributed by atoms with van der Waals surface area (Å²) >= 11 is 0. The molecule has 0 radical (unpaired) electrons. The first kappa shape index (κ1) is 20.0. The minimum absolute atomic E-state index is 0. The molecule has 2 atom stereocenters. The fourth-order valence-corrected chi connectivity index (χ4v) is 3.04. The lowest BCUT2D eigenvalue weighted by molar-refractivity contribution is -0.122. The van der Waals surface area contributed by atoms with Crippen LogP contribution in [0.5, 0.6) is 0 Å². The molecular weight excluding hydrogens is 297 g/mol. The summed E-state index contributed by atoms with van der Waals surface area (Å²) in [6.45, 7) is 9.91. The van der Waals surface area contributed by atoms with Gasteiger partial charge in [-0.25, -0.2) is 0 Å². The van der Waals surface area contributed by atoms with Crippen molar-refractivity contribution in [1.82, 2.24) is 15.5 Å². The van der Waals surface area contributed by atoms with E-state index in [0.717, 1.165) is 38.4 Å². The Morgan fingerprint density at radius 1 is 1.35 bits per heavy atom. The predicted molar refractivity (Wildman–Crippen MR) is 87.9 cm³/mol. The summed E-state index contributed by atoms with van der Waals surface area (Å²) in [5, 5.41) is 6.36.